The number of halogens is 1. The van der Waals surface area contributed by atoms with Gasteiger partial charge >= 0.3 is 6.03 Å². The third kappa shape index (κ3) is 9.03. The number of anilines is 2. The molecule has 0 heterocycles. The van der Waals surface area contributed by atoms with Gasteiger partial charge in [0.1, 0.15) is 11.4 Å². The lowest BCUT2D eigenvalue weighted by Crippen LogP contribution is -2.59. The molecular formula is C33H44FN5O2. The van der Waals surface area contributed by atoms with E-state index in [0.29, 0.717) is 12.5 Å². The van der Waals surface area contributed by atoms with Crippen LogP contribution in [-0.4, -0.2) is 36.3 Å². The van der Waals surface area contributed by atoms with Gasteiger partial charge in [-0.1, -0.05) is 58.1 Å². The molecule has 0 spiro atoms. The van der Waals surface area contributed by atoms with Gasteiger partial charge in [-0.25, -0.2) is 9.18 Å². The van der Waals surface area contributed by atoms with E-state index in [1.165, 1.54) is 18.3 Å². The number of carbonyl (C=O) groups is 2. The van der Waals surface area contributed by atoms with Crippen molar-refractivity contribution in [3.8, 4) is 0 Å². The Hall–Kier alpha value is -3.94. The van der Waals surface area contributed by atoms with Gasteiger partial charge in [-0.15, -0.1) is 0 Å². The average Bonchev–Trinajstić information content (AvgIpc) is 2.92. The second-order valence-electron chi connectivity index (χ2n) is 12.4. The summed E-state index contributed by atoms with van der Waals surface area (Å²) in [6.07, 6.45) is 10.7. The van der Waals surface area contributed by atoms with E-state index >= 15 is 0 Å². The molecule has 1 aliphatic rings. The number of hydrogen-bond acceptors (Lipinski definition) is 4. The van der Waals surface area contributed by atoms with Crippen LogP contribution in [0.25, 0.3) is 0 Å². The van der Waals surface area contributed by atoms with Crippen LogP contribution in [0, 0.1) is 22.6 Å². The summed E-state index contributed by atoms with van der Waals surface area (Å²) in [5.74, 6) is -0.0627. The van der Waals surface area contributed by atoms with Gasteiger partial charge in [0.2, 0.25) is 5.91 Å². The summed E-state index contributed by atoms with van der Waals surface area (Å²) in [5.41, 5.74) is 1.86. The number of benzene rings is 2. The summed E-state index contributed by atoms with van der Waals surface area (Å²) in [6.45, 7) is 12.4. The van der Waals surface area contributed by atoms with Crippen molar-refractivity contribution in [3.63, 3.8) is 0 Å². The van der Waals surface area contributed by atoms with Gasteiger partial charge in [-0.3, -0.25) is 4.79 Å². The highest BCUT2D eigenvalue weighted by atomic mass is 19.1. The molecule has 2 unspecified atom stereocenters. The third-order valence-corrected chi connectivity index (χ3v) is 7.40. The molecule has 7 nitrogen and oxygen atoms in total. The molecule has 220 valence electrons. The molecule has 0 aliphatic heterocycles. The maximum atomic E-state index is 13.3. The third-order valence-electron chi connectivity index (χ3n) is 7.40. The Balaban J connectivity index is 1.70. The summed E-state index contributed by atoms with van der Waals surface area (Å²) < 4.78 is 13.3. The molecule has 1 aliphatic carbocycles. The standard InChI is InChI=1S/C33H44FN5O2/c1-22(2)18-28(23-12-17-29(24(19-23)20-35)37-27-15-13-25(34)14-16-27)32(3,4)21-36-31(41)39-33(5,6)30(40)38-26-10-8-7-9-11-26/h7-10,12-17,19-20,22,26,28,35,37H,11,18,21H2,1-6H3,(H,38,40)(H2,36,39,41). The highest BCUT2D eigenvalue weighted by Gasteiger charge is 2.34. The fourth-order valence-corrected chi connectivity index (χ4v) is 4.95. The minimum Gasteiger partial charge on any atom is -0.355 e. The summed E-state index contributed by atoms with van der Waals surface area (Å²) in [4.78, 5) is 25.8. The van der Waals surface area contributed by atoms with Crippen LogP contribution >= 0.6 is 0 Å². The monoisotopic (exact) mass is 561 g/mol. The fraction of sp³-hybridized carbons (Fsp3) is 0.424. The zero-order valence-corrected chi connectivity index (χ0v) is 25.0. The number of allylic oxidation sites excluding steroid dienone is 2. The smallest absolute Gasteiger partial charge is 0.315 e. The molecule has 3 rings (SSSR count). The second-order valence-corrected chi connectivity index (χ2v) is 12.4. The maximum Gasteiger partial charge on any atom is 0.315 e. The lowest BCUT2D eigenvalue weighted by Gasteiger charge is -2.37. The first-order valence-corrected chi connectivity index (χ1v) is 14.2. The molecule has 2 aromatic carbocycles. The highest BCUT2D eigenvalue weighted by Crippen LogP contribution is 2.41. The van der Waals surface area contributed by atoms with Gasteiger partial charge in [-0.2, -0.15) is 0 Å². The minimum absolute atomic E-state index is 0.0869. The quantitative estimate of drug-likeness (QED) is 0.184. The summed E-state index contributed by atoms with van der Waals surface area (Å²) in [6, 6.07) is 11.6. The van der Waals surface area contributed by atoms with Crippen molar-refractivity contribution in [2.45, 2.75) is 71.9 Å². The topological polar surface area (TPSA) is 106 Å². The van der Waals surface area contributed by atoms with Crippen LogP contribution in [0.2, 0.25) is 0 Å². The van der Waals surface area contributed by atoms with Crippen LogP contribution in [0.3, 0.4) is 0 Å². The molecule has 0 saturated heterocycles. The van der Waals surface area contributed by atoms with E-state index in [0.717, 1.165) is 35.3 Å². The van der Waals surface area contributed by atoms with Crippen LogP contribution in [0.1, 0.15) is 71.4 Å². The summed E-state index contributed by atoms with van der Waals surface area (Å²) >= 11 is 0. The lowest BCUT2D eigenvalue weighted by molar-refractivity contribution is -0.126. The van der Waals surface area contributed by atoms with Crippen molar-refractivity contribution >= 4 is 29.5 Å². The Bertz CT molecular complexity index is 1280. The minimum atomic E-state index is -1.09. The first-order valence-electron chi connectivity index (χ1n) is 14.2. The van der Waals surface area contributed by atoms with E-state index in [2.05, 4.69) is 55.0 Å². The van der Waals surface area contributed by atoms with Gasteiger partial charge in [0, 0.05) is 29.7 Å². The van der Waals surface area contributed by atoms with E-state index in [1.54, 1.807) is 26.0 Å². The molecule has 0 radical (unpaired) electrons. The van der Waals surface area contributed by atoms with Crippen LogP contribution in [0.15, 0.2) is 66.8 Å². The van der Waals surface area contributed by atoms with E-state index in [1.807, 2.05) is 36.4 Å². The molecule has 41 heavy (non-hydrogen) atoms. The number of nitrogens with one attached hydrogen (secondary N) is 5. The molecule has 2 atom stereocenters. The lowest BCUT2D eigenvalue weighted by atomic mass is 9.71. The van der Waals surface area contributed by atoms with Crippen LogP contribution in [-0.2, 0) is 4.79 Å². The Labute approximate surface area is 243 Å². The number of urea groups is 1. The van der Waals surface area contributed by atoms with Crippen LogP contribution < -0.4 is 21.3 Å². The van der Waals surface area contributed by atoms with Gasteiger partial charge in [0.05, 0.1) is 6.04 Å². The van der Waals surface area contributed by atoms with Crippen LogP contribution in [0.4, 0.5) is 20.6 Å². The maximum absolute atomic E-state index is 13.3. The number of amides is 3. The Morgan fingerprint density at radius 2 is 1.78 bits per heavy atom. The first-order chi connectivity index (χ1) is 19.3. The fourth-order valence-electron chi connectivity index (χ4n) is 4.95. The Morgan fingerprint density at radius 3 is 2.39 bits per heavy atom. The van der Waals surface area contributed by atoms with Crippen molar-refractivity contribution < 1.29 is 14.0 Å². The molecule has 0 saturated carbocycles. The Morgan fingerprint density at radius 1 is 1.07 bits per heavy atom. The van der Waals surface area contributed by atoms with Gasteiger partial charge in [0.25, 0.3) is 0 Å². The van der Waals surface area contributed by atoms with Gasteiger partial charge in [-0.05, 0) is 85.9 Å². The van der Waals surface area contributed by atoms with Crippen molar-refractivity contribution in [2.75, 3.05) is 11.9 Å². The summed E-state index contributed by atoms with van der Waals surface area (Å²) in [5, 5.41) is 20.1. The van der Waals surface area contributed by atoms with E-state index in [9.17, 15) is 14.0 Å². The normalized spacial score (nSPS) is 15.8. The van der Waals surface area contributed by atoms with E-state index in [4.69, 9.17) is 5.41 Å². The van der Waals surface area contributed by atoms with E-state index in [-0.39, 0.29) is 29.1 Å². The van der Waals surface area contributed by atoms with Gasteiger partial charge in [0.15, 0.2) is 0 Å². The molecule has 5 N–H and O–H groups in total. The van der Waals surface area contributed by atoms with E-state index < -0.39 is 11.6 Å². The van der Waals surface area contributed by atoms with Gasteiger partial charge < -0.3 is 26.7 Å². The molecule has 3 amide bonds. The molecule has 8 heteroatoms. The molecule has 0 bridgehead atoms. The first kappa shape index (κ1) is 31.6. The van der Waals surface area contributed by atoms with Crippen molar-refractivity contribution in [3.05, 3.63) is 83.7 Å². The molecular weight excluding hydrogens is 517 g/mol. The number of carbonyl (C=O) groups excluding carboxylic acids is 2. The average molecular weight is 562 g/mol. The largest absolute Gasteiger partial charge is 0.355 e. The summed E-state index contributed by atoms with van der Waals surface area (Å²) in [7, 11) is 0. The molecule has 0 aromatic heterocycles. The van der Waals surface area contributed by atoms with Crippen molar-refractivity contribution in [1.82, 2.24) is 16.0 Å². The van der Waals surface area contributed by atoms with Crippen molar-refractivity contribution in [1.29, 1.82) is 5.41 Å². The van der Waals surface area contributed by atoms with Crippen molar-refractivity contribution in [2.24, 2.45) is 11.3 Å². The SMILES string of the molecule is CC(C)CC(c1ccc(Nc2ccc(F)cc2)c(C=N)c1)C(C)(C)CNC(=O)NC(C)(C)C(=O)NC1C=CC=CC1. The zero-order chi connectivity index (χ0) is 30.2. The Kier molecular flexibility index (Phi) is 10.5. The molecule has 2 aromatic rings. The molecule has 0 fully saturated rings. The zero-order valence-electron chi connectivity index (χ0n) is 25.0. The second kappa shape index (κ2) is 13.6. The predicted molar refractivity (Wildman–Crippen MR) is 165 cm³/mol. The number of rotatable bonds is 12. The van der Waals surface area contributed by atoms with Crippen LogP contribution in [0.5, 0.6) is 0 Å². The highest BCUT2D eigenvalue weighted by molar-refractivity contribution is 5.90. The predicted octanol–water partition coefficient (Wildman–Crippen LogP) is 6.80. The number of hydrogen-bond donors (Lipinski definition) is 5.